The number of rotatable bonds is 16. The number of fused-ring (bicyclic) bond motifs is 3. The minimum Gasteiger partial charge on any atom is -0.380 e. The van der Waals surface area contributed by atoms with Gasteiger partial charge in [0.15, 0.2) is 34.4 Å². The highest BCUT2D eigenvalue weighted by molar-refractivity contribution is 5.90. The van der Waals surface area contributed by atoms with Crippen LogP contribution in [0.4, 0.5) is 17.1 Å². The van der Waals surface area contributed by atoms with Crippen molar-refractivity contribution in [2.45, 2.75) is 118 Å². The highest BCUT2D eigenvalue weighted by atomic mass is 16.3. The standard InChI is InChI=1S/C26H24N4O2.2C20H20N4O2/c1-17-5-8-20(9-6-17)21-10-12-24-23(15-21)28-29-30(24)16-26(3,32)25(31)14-19-7-11-22(27-4)18(2)13-19;1-13-5-8-18-17(9-13)22-23-24(18)12-20(3,26)19(25)11-15-6-7-16(21-4)14(2)10-15;1-13-5-7-17-18(9-13)23-24(22-17)12-20(3,26)19(25)11-15-6-8-16(21-4)14(2)10-15/h5-13,15,32H,14,16H2,1-3H3;2*5-10,26H,11-12H2,1-3H3/t26-;2*20-/m000/s1. The number of hydrogen-bond acceptors (Lipinski definition) is 12. The quantitative estimate of drug-likeness (QED) is 0.0770. The van der Waals surface area contributed by atoms with E-state index in [1.807, 2.05) is 107 Å². The summed E-state index contributed by atoms with van der Waals surface area (Å²) in [6.07, 6.45) is 0.264. The number of aliphatic hydroxyl groups is 3. The van der Waals surface area contributed by atoms with Crippen LogP contribution >= 0.6 is 0 Å². The van der Waals surface area contributed by atoms with Crippen LogP contribution in [-0.4, -0.2) is 94.5 Å². The van der Waals surface area contributed by atoms with Gasteiger partial charge < -0.3 is 15.3 Å². The number of ketones is 3. The van der Waals surface area contributed by atoms with Crippen LogP contribution < -0.4 is 0 Å². The molecule has 0 aliphatic carbocycles. The number of nitrogens with zero attached hydrogens (tertiary/aromatic N) is 12. The van der Waals surface area contributed by atoms with Crippen molar-refractivity contribution in [1.82, 2.24) is 45.0 Å². The Morgan fingerprint density at radius 1 is 0.429 bits per heavy atom. The lowest BCUT2D eigenvalue weighted by atomic mass is 9.94. The Hall–Kier alpha value is -9.90. The van der Waals surface area contributed by atoms with Crippen molar-refractivity contribution in [3.63, 3.8) is 0 Å². The van der Waals surface area contributed by atoms with E-state index in [1.54, 1.807) is 45.8 Å². The van der Waals surface area contributed by atoms with Crippen LogP contribution in [-0.2, 0) is 53.3 Å². The van der Waals surface area contributed by atoms with Gasteiger partial charge in [0.1, 0.15) is 38.9 Å². The summed E-state index contributed by atoms with van der Waals surface area (Å²) < 4.78 is 3.12. The van der Waals surface area contributed by atoms with E-state index in [1.165, 1.54) is 31.1 Å². The van der Waals surface area contributed by atoms with Gasteiger partial charge in [0.05, 0.1) is 50.4 Å². The highest BCUT2D eigenvalue weighted by Crippen LogP contribution is 2.28. The largest absolute Gasteiger partial charge is 0.380 e. The van der Waals surface area contributed by atoms with Crippen LogP contribution in [0.2, 0.25) is 0 Å². The second-order valence-corrected chi connectivity index (χ2v) is 22.1. The second-order valence-electron chi connectivity index (χ2n) is 22.1. The summed E-state index contributed by atoms with van der Waals surface area (Å²) >= 11 is 0. The van der Waals surface area contributed by atoms with E-state index in [2.05, 4.69) is 76.5 Å². The summed E-state index contributed by atoms with van der Waals surface area (Å²) in [4.78, 5) is 49.7. The first kappa shape index (κ1) is 60.2. The van der Waals surface area contributed by atoms with E-state index in [4.69, 9.17) is 19.7 Å². The van der Waals surface area contributed by atoms with Crippen molar-refractivity contribution in [2.24, 2.45) is 0 Å². The summed E-state index contributed by atoms with van der Waals surface area (Å²) in [5.74, 6) is -0.930. The predicted octanol–water partition coefficient (Wildman–Crippen LogP) is 11.2. The molecule has 18 nitrogen and oxygen atoms in total. The molecule has 3 atom stereocenters. The molecule has 10 aromatic rings. The molecule has 7 aromatic carbocycles. The fraction of sp³-hybridized carbons (Fsp3) is 0.273. The molecule has 0 radical (unpaired) electrons. The van der Waals surface area contributed by atoms with Crippen molar-refractivity contribution in [3.05, 3.63) is 218 Å². The second kappa shape index (κ2) is 25.1. The number of benzene rings is 7. The molecule has 0 amide bonds. The van der Waals surface area contributed by atoms with Gasteiger partial charge in [-0.25, -0.2) is 23.9 Å². The third kappa shape index (κ3) is 14.4. The van der Waals surface area contributed by atoms with Gasteiger partial charge in [-0.2, -0.15) is 15.0 Å². The molecule has 0 unspecified atom stereocenters. The van der Waals surface area contributed by atoms with Crippen LogP contribution in [0.15, 0.2) is 133 Å². The minimum atomic E-state index is -1.61. The first-order valence-electron chi connectivity index (χ1n) is 27.0. The zero-order valence-corrected chi connectivity index (χ0v) is 48.4. The lowest BCUT2D eigenvalue weighted by molar-refractivity contribution is -0.137. The first-order valence-corrected chi connectivity index (χ1v) is 27.0. The van der Waals surface area contributed by atoms with Crippen LogP contribution in [0, 0.1) is 61.3 Å². The molecule has 0 aliphatic heterocycles. The average Bonchev–Trinajstić information content (AvgIpc) is 3.66. The summed E-state index contributed by atoms with van der Waals surface area (Å²) in [5.41, 5.74) is 11.6. The van der Waals surface area contributed by atoms with Gasteiger partial charge >= 0.3 is 0 Å². The molecule has 0 saturated carbocycles. The molecule has 18 heteroatoms. The molecule has 0 aliphatic rings. The topological polar surface area (TPSA) is 217 Å². The predicted molar refractivity (Wildman–Crippen MR) is 323 cm³/mol. The summed E-state index contributed by atoms with van der Waals surface area (Å²) in [6, 6.07) is 41.4. The van der Waals surface area contributed by atoms with Crippen molar-refractivity contribution in [1.29, 1.82) is 0 Å². The van der Waals surface area contributed by atoms with Crippen LogP contribution in [0.3, 0.4) is 0 Å². The zero-order chi connectivity index (χ0) is 60.7. The molecule has 0 fully saturated rings. The van der Waals surface area contributed by atoms with Gasteiger partial charge in [-0.05, 0) is 154 Å². The monoisotopic (exact) mass is 1120 g/mol. The fourth-order valence-corrected chi connectivity index (χ4v) is 9.46. The molecular formula is C66H64N12O6. The molecule has 84 heavy (non-hydrogen) atoms. The number of hydrogen-bond donors (Lipinski definition) is 3. The molecule has 0 bridgehead atoms. The normalized spacial score (nSPS) is 13.2. The summed E-state index contributed by atoms with van der Waals surface area (Å²) in [6.45, 7) is 37.3. The van der Waals surface area contributed by atoms with Crippen LogP contribution in [0.5, 0.6) is 0 Å². The summed E-state index contributed by atoms with van der Waals surface area (Å²) in [7, 11) is 0. The number of aromatic nitrogens is 9. The van der Waals surface area contributed by atoms with Crippen LogP contribution in [0.1, 0.15) is 70.8 Å². The molecule has 3 N–H and O–H groups in total. The molecule has 424 valence electrons. The van der Waals surface area contributed by atoms with Gasteiger partial charge in [0, 0.05) is 19.3 Å². The maximum atomic E-state index is 12.9. The smallest absolute Gasteiger partial charge is 0.190 e. The Morgan fingerprint density at radius 3 is 1.24 bits per heavy atom. The third-order valence-corrected chi connectivity index (χ3v) is 14.6. The van der Waals surface area contributed by atoms with Gasteiger partial charge in [-0.1, -0.05) is 113 Å². The van der Waals surface area contributed by atoms with Gasteiger partial charge in [-0.15, -0.1) is 10.2 Å². The molecule has 10 rings (SSSR count). The lowest BCUT2D eigenvalue weighted by Crippen LogP contribution is -2.41. The van der Waals surface area contributed by atoms with E-state index in [0.717, 1.165) is 83.2 Å². The lowest BCUT2D eigenvalue weighted by Gasteiger charge is -2.22. The molecule has 0 saturated heterocycles. The number of aryl methyl sites for hydroxylation is 6. The van der Waals surface area contributed by atoms with Crippen molar-refractivity contribution < 1.29 is 29.7 Å². The minimum absolute atomic E-state index is 0.00529. The fourth-order valence-electron chi connectivity index (χ4n) is 9.46. The van der Waals surface area contributed by atoms with Gasteiger partial charge in [-0.3, -0.25) is 14.4 Å². The first-order chi connectivity index (χ1) is 39.8. The van der Waals surface area contributed by atoms with E-state index in [-0.39, 0.29) is 56.2 Å². The molecule has 3 heterocycles. The number of carbonyl (C=O) groups excluding carboxylic acids is 3. The molecule has 0 spiro atoms. The Balaban J connectivity index is 0.000000166. The molecule has 3 aromatic heterocycles. The highest BCUT2D eigenvalue weighted by Gasteiger charge is 2.34. The number of carbonyl (C=O) groups is 3. The van der Waals surface area contributed by atoms with E-state index in [0.29, 0.717) is 22.6 Å². The van der Waals surface area contributed by atoms with E-state index in [9.17, 15) is 29.7 Å². The Kier molecular flexibility index (Phi) is 18.0. The maximum absolute atomic E-state index is 12.9. The van der Waals surface area contributed by atoms with Crippen molar-refractivity contribution >= 4 is 67.5 Å². The summed E-state index contributed by atoms with van der Waals surface area (Å²) in [5, 5.41) is 57.5. The maximum Gasteiger partial charge on any atom is 0.190 e. The van der Waals surface area contributed by atoms with Gasteiger partial charge in [0.25, 0.3) is 0 Å². The third-order valence-electron chi connectivity index (χ3n) is 14.6. The van der Waals surface area contributed by atoms with Crippen LogP contribution in [0.25, 0.3) is 58.8 Å². The van der Waals surface area contributed by atoms with E-state index >= 15 is 0 Å². The Morgan fingerprint density at radius 2 is 0.798 bits per heavy atom. The average molecular weight is 1120 g/mol. The van der Waals surface area contributed by atoms with Gasteiger partial charge in [0.2, 0.25) is 0 Å². The Bertz CT molecular complexity index is 4250. The molecular weight excluding hydrogens is 1060 g/mol. The Labute approximate surface area is 487 Å². The van der Waals surface area contributed by atoms with E-state index < -0.39 is 16.8 Å². The van der Waals surface area contributed by atoms with Crippen molar-refractivity contribution in [2.75, 3.05) is 0 Å². The number of Topliss-reactive ketones (excluding diaryl/α,β-unsaturated/α-hetero) is 3. The SMILES string of the molecule is [C-]#[N+]c1ccc(CC(=O)[C@@](C)(O)Cn2nc3ccc(C)cc3n2)cc1C.[C-]#[N+]c1ccc(CC(=O)[C@@](C)(O)Cn2nnc3cc(-c4ccc(C)cc4)ccc32)cc1C.[C-]#[N+]c1ccc(CC(=O)[C@@](C)(O)Cn2nnc3cc(C)ccc32)cc1C. The zero-order valence-electron chi connectivity index (χ0n) is 48.4. The van der Waals surface area contributed by atoms with Crippen molar-refractivity contribution in [3.8, 4) is 11.1 Å².